The predicted molar refractivity (Wildman–Crippen MR) is 155 cm³/mol. The monoisotopic (exact) mass is 580 g/mol. The molecule has 2 atom stereocenters. The number of carbonyl (C=O) groups excluding carboxylic acids is 2. The van der Waals surface area contributed by atoms with E-state index in [1.54, 1.807) is 35.1 Å². The van der Waals surface area contributed by atoms with Crippen molar-refractivity contribution < 1.29 is 19.1 Å². The summed E-state index contributed by atoms with van der Waals surface area (Å²) in [5.41, 5.74) is 2.35. The normalized spacial score (nSPS) is 18.9. The molecule has 0 aliphatic carbocycles. The predicted octanol–water partition coefficient (Wildman–Crippen LogP) is 5.89. The zero-order chi connectivity index (χ0) is 28.4. The Hall–Kier alpha value is -3.75. The fraction of sp³-hybridized carbons (Fsp3) is 0.300. The first-order chi connectivity index (χ1) is 19.2. The summed E-state index contributed by atoms with van der Waals surface area (Å²) in [5, 5.41) is 3.97. The number of ether oxygens (including phenoxy) is 2. The number of rotatable bonds is 6. The van der Waals surface area contributed by atoms with Crippen molar-refractivity contribution in [3.8, 4) is 11.5 Å². The highest BCUT2D eigenvalue weighted by Gasteiger charge is 2.45. The van der Waals surface area contributed by atoms with Gasteiger partial charge in [-0.25, -0.2) is 4.79 Å². The van der Waals surface area contributed by atoms with E-state index in [1.807, 2.05) is 62.4 Å². The number of halogens is 2. The Morgan fingerprint density at radius 3 is 2.25 bits per heavy atom. The summed E-state index contributed by atoms with van der Waals surface area (Å²) in [4.78, 5) is 34.9. The molecule has 1 N–H and O–H groups in total. The van der Waals surface area contributed by atoms with Gasteiger partial charge in [0, 0.05) is 29.2 Å². The first kappa shape index (κ1) is 27.8. The number of urea groups is 1. The third-order valence-corrected chi connectivity index (χ3v) is 7.29. The summed E-state index contributed by atoms with van der Waals surface area (Å²) in [5.74, 6) is 1.38. The van der Waals surface area contributed by atoms with E-state index in [0.29, 0.717) is 46.0 Å². The summed E-state index contributed by atoms with van der Waals surface area (Å²) in [7, 11) is 1.57. The van der Waals surface area contributed by atoms with Gasteiger partial charge in [0.1, 0.15) is 29.9 Å². The third-order valence-electron chi connectivity index (χ3n) is 6.79. The Labute approximate surface area is 243 Å². The van der Waals surface area contributed by atoms with Gasteiger partial charge in [-0.1, -0.05) is 47.5 Å². The first-order valence-electron chi connectivity index (χ1n) is 13.0. The molecule has 10 heteroatoms. The second kappa shape index (κ2) is 11.8. The number of nitrogens with one attached hydrogen (secondary N) is 1. The smallest absolute Gasteiger partial charge is 0.326 e. The van der Waals surface area contributed by atoms with Gasteiger partial charge in [0.15, 0.2) is 0 Å². The van der Waals surface area contributed by atoms with Crippen molar-refractivity contribution in [1.82, 2.24) is 15.1 Å². The zero-order valence-electron chi connectivity index (χ0n) is 22.4. The van der Waals surface area contributed by atoms with Crippen molar-refractivity contribution in [3.63, 3.8) is 0 Å². The molecule has 2 aliphatic rings. The molecule has 208 valence electrons. The van der Waals surface area contributed by atoms with Crippen LogP contribution in [-0.4, -0.2) is 60.4 Å². The van der Waals surface area contributed by atoms with Crippen LogP contribution in [0.1, 0.15) is 42.6 Å². The molecule has 3 aromatic carbocycles. The van der Waals surface area contributed by atoms with Gasteiger partial charge in [0.2, 0.25) is 5.91 Å². The minimum absolute atomic E-state index is 0.0220. The van der Waals surface area contributed by atoms with Gasteiger partial charge >= 0.3 is 6.03 Å². The van der Waals surface area contributed by atoms with Gasteiger partial charge in [-0.15, -0.1) is 0 Å². The van der Waals surface area contributed by atoms with Gasteiger partial charge in [0.25, 0.3) is 0 Å². The molecule has 1 fully saturated rings. The molecule has 40 heavy (non-hydrogen) atoms. The fourth-order valence-corrected chi connectivity index (χ4v) is 5.26. The van der Waals surface area contributed by atoms with Gasteiger partial charge in [0.05, 0.1) is 24.8 Å². The standard InChI is InChI=1S/C30H30Cl2N4O4/c1-18(2)40-23-12-13-24(25(16-23)39-3)29-34-27(19-4-8-21(31)9-5-19)28(20-6-10-22(32)11-7-20)36(29)30(38)35-15-14-33-26(37)17-35/h4-13,16,18,27-28H,14-15,17H2,1-3H3,(H,33,37). The van der Waals surface area contributed by atoms with Gasteiger partial charge < -0.3 is 19.7 Å². The van der Waals surface area contributed by atoms with E-state index in [9.17, 15) is 9.59 Å². The zero-order valence-corrected chi connectivity index (χ0v) is 23.9. The topological polar surface area (TPSA) is 83.5 Å². The molecular formula is C30H30Cl2N4O4. The number of carbonyl (C=O) groups is 2. The lowest BCUT2D eigenvalue weighted by Crippen LogP contribution is -2.55. The molecule has 0 saturated carbocycles. The number of hydrogen-bond donors (Lipinski definition) is 1. The highest BCUT2D eigenvalue weighted by molar-refractivity contribution is 6.30. The molecule has 3 aromatic rings. The summed E-state index contributed by atoms with van der Waals surface area (Å²) in [6.07, 6.45) is -0.0220. The van der Waals surface area contributed by atoms with Crippen LogP contribution in [0.2, 0.25) is 10.0 Å². The highest BCUT2D eigenvalue weighted by atomic mass is 35.5. The molecule has 5 rings (SSSR count). The van der Waals surface area contributed by atoms with Crippen LogP contribution in [0.5, 0.6) is 11.5 Å². The summed E-state index contributed by atoms with van der Waals surface area (Å²) < 4.78 is 11.7. The molecular weight excluding hydrogens is 551 g/mol. The largest absolute Gasteiger partial charge is 0.496 e. The van der Waals surface area contributed by atoms with Gasteiger partial charge in [-0.2, -0.15) is 0 Å². The SMILES string of the molecule is COc1cc(OC(C)C)ccc1C1=NC(c2ccc(Cl)cc2)C(c2ccc(Cl)cc2)N1C(=O)N1CCNC(=O)C1. The number of aliphatic imine (C=N–C) groups is 1. The number of nitrogens with zero attached hydrogens (tertiary/aromatic N) is 3. The van der Waals surface area contributed by atoms with Crippen molar-refractivity contribution in [2.75, 3.05) is 26.7 Å². The number of amidine groups is 1. The van der Waals surface area contributed by atoms with Crippen molar-refractivity contribution in [2.24, 2.45) is 4.99 Å². The van der Waals surface area contributed by atoms with E-state index in [-0.39, 0.29) is 24.6 Å². The molecule has 8 nitrogen and oxygen atoms in total. The van der Waals surface area contributed by atoms with E-state index < -0.39 is 12.1 Å². The number of methoxy groups -OCH3 is 1. The maximum atomic E-state index is 14.3. The Balaban J connectivity index is 1.68. The van der Waals surface area contributed by atoms with E-state index in [0.717, 1.165) is 11.1 Å². The Morgan fingerprint density at radius 2 is 1.65 bits per heavy atom. The van der Waals surface area contributed by atoms with Crippen molar-refractivity contribution >= 4 is 41.0 Å². The second-order valence-corrected chi connectivity index (χ2v) is 10.8. The third kappa shape index (κ3) is 5.74. The van der Waals surface area contributed by atoms with Crippen LogP contribution in [0, 0.1) is 0 Å². The summed E-state index contributed by atoms with van der Waals surface area (Å²) in [6, 6.07) is 19.0. The molecule has 2 unspecified atom stereocenters. The quantitative estimate of drug-likeness (QED) is 0.394. The van der Waals surface area contributed by atoms with Crippen LogP contribution >= 0.6 is 23.2 Å². The van der Waals surface area contributed by atoms with E-state index in [1.165, 1.54) is 0 Å². The maximum Gasteiger partial charge on any atom is 0.326 e. The molecule has 0 spiro atoms. The molecule has 3 amide bonds. The second-order valence-electron chi connectivity index (χ2n) is 9.90. The van der Waals surface area contributed by atoms with Crippen LogP contribution in [0.25, 0.3) is 0 Å². The highest BCUT2D eigenvalue weighted by Crippen LogP contribution is 2.45. The molecule has 0 aromatic heterocycles. The van der Waals surface area contributed by atoms with Crippen molar-refractivity contribution in [3.05, 3.63) is 93.5 Å². The number of benzene rings is 3. The van der Waals surface area contributed by atoms with E-state index >= 15 is 0 Å². The minimum atomic E-state index is -0.526. The maximum absolute atomic E-state index is 14.3. The average molecular weight is 582 g/mol. The number of piperazine rings is 1. The molecule has 0 bridgehead atoms. The average Bonchev–Trinajstić information content (AvgIpc) is 3.33. The fourth-order valence-electron chi connectivity index (χ4n) is 5.01. The van der Waals surface area contributed by atoms with Crippen LogP contribution in [0.3, 0.4) is 0 Å². The lowest BCUT2D eigenvalue weighted by molar-refractivity contribution is -0.123. The van der Waals surface area contributed by atoms with E-state index in [2.05, 4.69) is 5.32 Å². The van der Waals surface area contributed by atoms with Crippen molar-refractivity contribution in [2.45, 2.75) is 32.0 Å². The Bertz CT molecular complexity index is 1430. The van der Waals surface area contributed by atoms with Crippen LogP contribution in [-0.2, 0) is 4.79 Å². The van der Waals surface area contributed by atoms with Crippen LogP contribution in [0.15, 0.2) is 71.7 Å². The Morgan fingerprint density at radius 1 is 1.00 bits per heavy atom. The van der Waals surface area contributed by atoms with Crippen LogP contribution in [0.4, 0.5) is 4.79 Å². The minimum Gasteiger partial charge on any atom is -0.496 e. The molecule has 2 heterocycles. The number of hydrogen-bond acceptors (Lipinski definition) is 5. The molecule has 2 aliphatic heterocycles. The van der Waals surface area contributed by atoms with Crippen LogP contribution < -0.4 is 14.8 Å². The molecule has 1 saturated heterocycles. The van der Waals surface area contributed by atoms with Crippen molar-refractivity contribution in [1.29, 1.82) is 0 Å². The first-order valence-corrected chi connectivity index (χ1v) is 13.8. The van der Waals surface area contributed by atoms with Gasteiger partial charge in [-0.3, -0.25) is 14.7 Å². The van der Waals surface area contributed by atoms with Gasteiger partial charge in [-0.05, 0) is 61.4 Å². The summed E-state index contributed by atoms with van der Waals surface area (Å²) in [6.45, 7) is 4.61. The Kier molecular flexibility index (Phi) is 8.19. The van der Waals surface area contributed by atoms with E-state index in [4.69, 9.17) is 37.7 Å². The molecule has 0 radical (unpaired) electrons. The summed E-state index contributed by atoms with van der Waals surface area (Å²) >= 11 is 12.4. The number of amides is 3. The lowest BCUT2D eigenvalue weighted by atomic mass is 9.93. The lowest BCUT2D eigenvalue weighted by Gasteiger charge is -2.35.